The van der Waals surface area contributed by atoms with E-state index in [0.29, 0.717) is 5.56 Å². The van der Waals surface area contributed by atoms with Crippen LogP contribution in [-0.4, -0.2) is 23.8 Å². The Labute approximate surface area is 106 Å². The minimum Gasteiger partial charge on any atom is -0.409 e. The smallest absolute Gasteiger partial charge is 0.400 e. The van der Waals surface area contributed by atoms with Crippen LogP contribution in [0.4, 0.5) is 17.6 Å². The third kappa shape index (κ3) is 4.74. The Balaban J connectivity index is 2.58. The Morgan fingerprint density at radius 1 is 1.42 bits per heavy atom. The van der Waals surface area contributed by atoms with Crippen molar-refractivity contribution < 1.29 is 22.8 Å². The maximum Gasteiger partial charge on any atom is 0.400 e. The van der Waals surface area contributed by atoms with Crippen molar-refractivity contribution in [2.75, 3.05) is 6.54 Å². The van der Waals surface area contributed by atoms with Crippen LogP contribution in [0, 0.1) is 11.7 Å². The van der Waals surface area contributed by atoms with E-state index in [0.717, 1.165) is 0 Å². The highest BCUT2D eigenvalue weighted by molar-refractivity contribution is 5.83. The fourth-order valence-electron chi connectivity index (χ4n) is 1.47. The molecule has 0 bridgehead atoms. The molecule has 8 heteroatoms. The van der Waals surface area contributed by atoms with Crippen molar-refractivity contribution in [3.63, 3.8) is 0 Å². The highest BCUT2D eigenvalue weighted by atomic mass is 19.4. The normalized spacial score (nSPS) is 14.4. The highest BCUT2D eigenvalue weighted by Gasteiger charge is 2.42. The predicted octanol–water partition coefficient (Wildman–Crippen LogP) is 1.84. The Bertz CT molecular complexity index is 448. The van der Waals surface area contributed by atoms with Crippen LogP contribution in [-0.2, 0) is 6.54 Å². The molecule has 0 aliphatic heterocycles. The molecule has 0 heterocycles. The summed E-state index contributed by atoms with van der Waals surface area (Å²) in [6.07, 6.45) is -4.62. The molecule has 1 unspecified atom stereocenters. The number of hydrogen-bond acceptors (Lipinski definition) is 3. The first-order valence-corrected chi connectivity index (χ1v) is 5.34. The molecule has 1 atom stereocenters. The average molecular weight is 279 g/mol. The van der Waals surface area contributed by atoms with Gasteiger partial charge in [0.15, 0.2) is 5.84 Å². The summed E-state index contributed by atoms with van der Waals surface area (Å²) in [5.41, 5.74) is 5.49. The molecule has 0 saturated carbocycles. The summed E-state index contributed by atoms with van der Waals surface area (Å²) in [5, 5.41) is 13.2. The van der Waals surface area contributed by atoms with Crippen LogP contribution < -0.4 is 11.1 Å². The Morgan fingerprint density at radius 2 is 2.11 bits per heavy atom. The molecule has 1 rings (SSSR count). The molecular formula is C11H13F4N3O. The number of hydrogen-bond donors (Lipinski definition) is 3. The minimum atomic E-state index is -4.62. The zero-order valence-electron chi connectivity index (χ0n) is 9.78. The van der Waals surface area contributed by atoms with Crippen molar-refractivity contribution in [3.05, 3.63) is 35.6 Å². The van der Waals surface area contributed by atoms with Crippen molar-refractivity contribution in [2.45, 2.75) is 12.7 Å². The summed E-state index contributed by atoms with van der Waals surface area (Å²) in [7, 11) is 0. The SMILES string of the molecule is N/C(=N/O)C(CNCc1cccc(F)c1)C(F)(F)F. The summed E-state index contributed by atoms with van der Waals surface area (Å²) < 4.78 is 50.6. The highest BCUT2D eigenvalue weighted by Crippen LogP contribution is 2.25. The second-order valence-electron chi connectivity index (χ2n) is 3.88. The van der Waals surface area contributed by atoms with Crippen LogP contribution in [0.15, 0.2) is 29.4 Å². The van der Waals surface area contributed by atoms with E-state index < -0.39 is 30.3 Å². The van der Waals surface area contributed by atoms with Crippen molar-refractivity contribution in [2.24, 2.45) is 16.8 Å². The number of nitrogens with one attached hydrogen (secondary N) is 1. The van der Waals surface area contributed by atoms with Gasteiger partial charge >= 0.3 is 6.18 Å². The minimum absolute atomic E-state index is 0.0447. The summed E-state index contributed by atoms with van der Waals surface area (Å²) in [6, 6.07) is 5.47. The van der Waals surface area contributed by atoms with Gasteiger partial charge in [-0.25, -0.2) is 4.39 Å². The van der Waals surface area contributed by atoms with Crippen LogP contribution in [0.2, 0.25) is 0 Å². The van der Waals surface area contributed by atoms with Gasteiger partial charge in [-0.05, 0) is 17.7 Å². The van der Waals surface area contributed by atoms with Crippen LogP contribution in [0.1, 0.15) is 5.56 Å². The van der Waals surface area contributed by atoms with Crippen molar-refractivity contribution >= 4 is 5.84 Å². The van der Waals surface area contributed by atoms with E-state index in [-0.39, 0.29) is 6.54 Å². The molecule has 1 aromatic carbocycles. The second-order valence-corrected chi connectivity index (χ2v) is 3.88. The third-order valence-electron chi connectivity index (χ3n) is 2.43. The Kier molecular flexibility index (Phi) is 5.11. The van der Waals surface area contributed by atoms with E-state index in [1.807, 2.05) is 0 Å². The van der Waals surface area contributed by atoms with Crippen molar-refractivity contribution in [1.82, 2.24) is 5.32 Å². The van der Waals surface area contributed by atoms with Crippen LogP contribution in [0.25, 0.3) is 0 Å². The largest absolute Gasteiger partial charge is 0.409 e. The molecule has 0 saturated heterocycles. The molecule has 106 valence electrons. The molecule has 0 aliphatic carbocycles. The van der Waals surface area contributed by atoms with E-state index >= 15 is 0 Å². The number of rotatable bonds is 5. The van der Waals surface area contributed by atoms with Gasteiger partial charge in [-0.1, -0.05) is 17.3 Å². The van der Waals surface area contributed by atoms with E-state index in [2.05, 4.69) is 10.5 Å². The Hall–Kier alpha value is -1.83. The number of benzene rings is 1. The maximum atomic E-state index is 12.8. The molecule has 0 aromatic heterocycles. The number of oxime groups is 1. The van der Waals surface area contributed by atoms with Gasteiger partial charge in [0.05, 0.1) is 0 Å². The number of nitrogens with zero attached hydrogens (tertiary/aromatic N) is 1. The number of halogens is 4. The molecular weight excluding hydrogens is 266 g/mol. The Morgan fingerprint density at radius 3 is 2.63 bits per heavy atom. The quantitative estimate of drug-likeness (QED) is 0.253. The lowest BCUT2D eigenvalue weighted by Crippen LogP contribution is -2.42. The lowest BCUT2D eigenvalue weighted by molar-refractivity contribution is -0.154. The van der Waals surface area contributed by atoms with Gasteiger partial charge in [0, 0.05) is 13.1 Å². The summed E-state index contributed by atoms with van der Waals surface area (Å²) in [5.74, 6) is -3.48. The van der Waals surface area contributed by atoms with Gasteiger partial charge in [-0.15, -0.1) is 0 Å². The molecule has 0 spiro atoms. The fourth-order valence-corrected chi connectivity index (χ4v) is 1.47. The summed E-state index contributed by atoms with van der Waals surface area (Å²) >= 11 is 0. The molecule has 19 heavy (non-hydrogen) atoms. The summed E-state index contributed by atoms with van der Waals surface area (Å²) in [6.45, 7) is -0.515. The van der Waals surface area contributed by atoms with Gasteiger partial charge in [0.1, 0.15) is 11.7 Å². The fraction of sp³-hybridized carbons (Fsp3) is 0.364. The molecule has 0 fully saturated rings. The van der Waals surface area contributed by atoms with E-state index in [4.69, 9.17) is 10.9 Å². The van der Waals surface area contributed by atoms with Gasteiger partial charge < -0.3 is 16.3 Å². The zero-order chi connectivity index (χ0) is 14.5. The lowest BCUT2D eigenvalue weighted by atomic mass is 10.1. The number of nitrogens with two attached hydrogens (primary N) is 1. The van der Waals surface area contributed by atoms with Crippen molar-refractivity contribution in [1.29, 1.82) is 0 Å². The van der Waals surface area contributed by atoms with Crippen LogP contribution >= 0.6 is 0 Å². The monoisotopic (exact) mass is 279 g/mol. The van der Waals surface area contributed by atoms with Gasteiger partial charge in [0.25, 0.3) is 0 Å². The molecule has 0 aliphatic rings. The van der Waals surface area contributed by atoms with Gasteiger partial charge in [-0.2, -0.15) is 13.2 Å². The van der Waals surface area contributed by atoms with E-state index in [1.165, 1.54) is 18.2 Å². The first kappa shape index (κ1) is 15.2. The van der Waals surface area contributed by atoms with E-state index in [1.54, 1.807) is 6.07 Å². The molecule has 0 amide bonds. The van der Waals surface area contributed by atoms with Crippen LogP contribution in [0.3, 0.4) is 0 Å². The predicted molar refractivity (Wildman–Crippen MR) is 61.1 cm³/mol. The topological polar surface area (TPSA) is 70.6 Å². The van der Waals surface area contributed by atoms with E-state index in [9.17, 15) is 17.6 Å². The molecule has 0 radical (unpaired) electrons. The van der Waals surface area contributed by atoms with Crippen LogP contribution in [0.5, 0.6) is 0 Å². The standard InChI is InChI=1S/C11H13F4N3O/c12-8-3-1-2-7(4-8)5-17-6-9(10(16)18-19)11(13,14)15/h1-4,9,17,19H,5-6H2,(H2,16,18). The second kappa shape index (κ2) is 6.37. The third-order valence-corrected chi connectivity index (χ3v) is 2.43. The first-order chi connectivity index (χ1) is 8.84. The molecule has 1 aromatic rings. The average Bonchev–Trinajstić information content (AvgIpc) is 2.32. The lowest BCUT2D eigenvalue weighted by Gasteiger charge is -2.19. The number of amidine groups is 1. The first-order valence-electron chi connectivity index (χ1n) is 5.34. The van der Waals surface area contributed by atoms with Crippen molar-refractivity contribution in [3.8, 4) is 0 Å². The number of alkyl halides is 3. The van der Waals surface area contributed by atoms with Gasteiger partial charge in [0.2, 0.25) is 0 Å². The molecule has 4 N–H and O–H groups in total. The van der Waals surface area contributed by atoms with Gasteiger partial charge in [-0.3, -0.25) is 0 Å². The zero-order valence-corrected chi connectivity index (χ0v) is 9.78. The summed E-state index contributed by atoms with van der Waals surface area (Å²) in [4.78, 5) is 0. The maximum absolute atomic E-state index is 12.8. The molecule has 4 nitrogen and oxygen atoms in total.